The average molecular weight is 328 g/mol. The summed E-state index contributed by atoms with van der Waals surface area (Å²) >= 11 is 0. The van der Waals surface area contributed by atoms with Crippen molar-refractivity contribution in [1.82, 2.24) is 24.4 Å². The van der Waals surface area contributed by atoms with Crippen molar-refractivity contribution in [3.63, 3.8) is 0 Å². The van der Waals surface area contributed by atoms with E-state index in [2.05, 4.69) is 20.3 Å². The molecule has 3 atom stereocenters. The van der Waals surface area contributed by atoms with Crippen LogP contribution in [-0.4, -0.2) is 54.8 Å². The van der Waals surface area contributed by atoms with Crippen molar-refractivity contribution in [2.75, 3.05) is 18.4 Å². The Labute approximate surface area is 137 Å². The van der Waals surface area contributed by atoms with Crippen LogP contribution in [0.2, 0.25) is 0 Å². The zero-order chi connectivity index (χ0) is 16.8. The maximum atomic E-state index is 12.2. The van der Waals surface area contributed by atoms with E-state index in [0.717, 1.165) is 0 Å². The minimum absolute atomic E-state index is 0.152. The van der Waals surface area contributed by atoms with Crippen LogP contribution in [0.1, 0.15) is 0 Å². The fourth-order valence-electron chi connectivity index (χ4n) is 3.29. The monoisotopic (exact) mass is 328 g/mol. The Morgan fingerprint density at radius 1 is 1.33 bits per heavy atom. The van der Waals surface area contributed by atoms with E-state index in [4.69, 9.17) is 5.11 Å². The van der Waals surface area contributed by atoms with E-state index in [9.17, 15) is 9.59 Å². The molecule has 0 spiro atoms. The second-order valence-corrected chi connectivity index (χ2v) is 6.14. The van der Waals surface area contributed by atoms with Crippen molar-refractivity contribution in [2.45, 2.75) is 6.04 Å². The molecule has 2 aromatic rings. The van der Waals surface area contributed by atoms with Gasteiger partial charge in [0, 0.05) is 50.3 Å². The van der Waals surface area contributed by atoms with E-state index in [1.807, 2.05) is 0 Å². The van der Waals surface area contributed by atoms with E-state index in [-0.39, 0.29) is 23.4 Å². The number of carboxylic acid groups (broad SMARTS) is 1. The molecule has 9 heteroatoms. The van der Waals surface area contributed by atoms with Gasteiger partial charge in [-0.25, -0.2) is 19.7 Å². The number of rotatable bonds is 3. The van der Waals surface area contributed by atoms with Crippen LogP contribution in [0, 0.1) is 11.8 Å². The maximum absolute atomic E-state index is 12.2. The number of hydrogen-bond donors (Lipinski definition) is 2. The summed E-state index contributed by atoms with van der Waals surface area (Å²) in [7, 11) is 1.66. The number of likely N-dealkylation sites (tertiary alicyclic amines) is 1. The molecule has 4 rings (SSSR count). The minimum Gasteiger partial charge on any atom is -0.465 e. The Kier molecular flexibility index (Phi) is 3.22. The predicted octanol–water partition coefficient (Wildman–Crippen LogP) is 0.257. The molecular formula is C15H16N6O3. The van der Waals surface area contributed by atoms with Gasteiger partial charge in [0.15, 0.2) is 0 Å². The Balaban J connectivity index is 1.56. The van der Waals surface area contributed by atoms with Gasteiger partial charge in [0.05, 0.1) is 11.4 Å². The molecule has 2 aromatic heterocycles. The molecule has 1 amide bonds. The average Bonchev–Trinajstić information content (AvgIpc) is 3.02. The lowest BCUT2D eigenvalue weighted by Crippen LogP contribution is -2.33. The molecule has 1 saturated carbocycles. The van der Waals surface area contributed by atoms with Crippen LogP contribution in [0.3, 0.4) is 0 Å². The van der Waals surface area contributed by atoms with Crippen LogP contribution in [0.5, 0.6) is 0 Å². The second kappa shape index (κ2) is 5.29. The molecule has 1 aliphatic carbocycles. The van der Waals surface area contributed by atoms with Crippen molar-refractivity contribution in [3.05, 3.63) is 35.0 Å². The maximum Gasteiger partial charge on any atom is 0.407 e. The molecule has 2 fully saturated rings. The highest BCUT2D eigenvalue weighted by Crippen LogP contribution is 2.46. The molecule has 2 N–H and O–H groups in total. The van der Waals surface area contributed by atoms with Crippen molar-refractivity contribution >= 4 is 12.0 Å². The van der Waals surface area contributed by atoms with Crippen LogP contribution in [0.25, 0.3) is 11.4 Å². The third-order valence-corrected chi connectivity index (χ3v) is 4.74. The number of amides is 1. The molecule has 0 aromatic carbocycles. The molecule has 2 aliphatic rings. The molecule has 1 aliphatic heterocycles. The Morgan fingerprint density at radius 3 is 2.71 bits per heavy atom. The van der Waals surface area contributed by atoms with E-state index in [1.165, 1.54) is 21.9 Å². The van der Waals surface area contributed by atoms with Gasteiger partial charge in [0.25, 0.3) is 5.56 Å². The Bertz CT molecular complexity index is 840. The Morgan fingerprint density at radius 2 is 2.08 bits per heavy atom. The third kappa shape index (κ3) is 2.38. The minimum atomic E-state index is -0.878. The Hall–Kier alpha value is -2.97. The van der Waals surface area contributed by atoms with E-state index in [1.54, 1.807) is 19.3 Å². The molecule has 24 heavy (non-hydrogen) atoms. The van der Waals surface area contributed by atoms with Crippen molar-refractivity contribution in [1.29, 1.82) is 0 Å². The quantitative estimate of drug-likeness (QED) is 0.830. The van der Waals surface area contributed by atoms with E-state index in [0.29, 0.717) is 30.4 Å². The van der Waals surface area contributed by atoms with Gasteiger partial charge in [0.1, 0.15) is 6.33 Å². The number of anilines is 1. The van der Waals surface area contributed by atoms with E-state index >= 15 is 0 Å². The molecule has 1 unspecified atom stereocenters. The number of aromatic nitrogens is 4. The van der Waals surface area contributed by atoms with Crippen LogP contribution in [0.4, 0.5) is 10.7 Å². The van der Waals surface area contributed by atoms with Gasteiger partial charge in [-0.2, -0.15) is 0 Å². The topological polar surface area (TPSA) is 113 Å². The first-order valence-electron chi connectivity index (χ1n) is 7.63. The van der Waals surface area contributed by atoms with Gasteiger partial charge in [-0.05, 0) is 6.07 Å². The zero-order valence-corrected chi connectivity index (χ0v) is 13.0. The van der Waals surface area contributed by atoms with E-state index < -0.39 is 6.09 Å². The van der Waals surface area contributed by atoms with Crippen molar-refractivity contribution in [3.8, 4) is 11.4 Å². The fraction of sp³-hybridized carbons (Fsp3) is 0.400. The summed E-state index contributed by atoms with van der Waals surface area (Å²) in [5, 5.41) is 12.3. The fourth-order valence-corrected chi connectivity index (χ4v) is 3.29. The normalized spacial score (nSPS) is 24.5. The molecule has 1 saturated heterocycles. The lowest BCUT2D eigenvalue weighted by atomic mass is 10.3. The van der Waals surface area contributed by atoms with Gasteiger partial charge in [-0.3, -0.25) is 9.36 Å². The third-order valence-electron chi connectivity index (χ3n) is 4.74. The first-order chi connectivity index (χ1) is 11.5. The molecule has 124 valence electrons. The molecular weight excluding hydrogens is 312 g/mol. The van der Waals surface area contributed by atoms with Gasteiger partial charge in [0.2, 0.25) is 5.95 Å². The first kappa shape index (κ1) is 14.6. The number of nitrogens with zero attached hydrogens (tertiary/aromatic N) is 5. The molecule has 0 radical (unpaired) electrons. The van der Waals surface area contributed by atoms with Crippen molar-refractivity contribution in [2.24, 2.45) is 18.9 Å². The summed E-state index contributed by atoms with van der Waals surface area (Å²) < 4.78 is 1.45. The molecule has 0 bridgehead atoms. The summed E-state index contributed by atoms with van der Waals surface area (Å²) in [6.45, 7) is 1.05. The van der Waals surface area contributed by atoms with Crippen LogP contribution in [0.15, 0.2) is 29.5 Å². The van der Waals surface area contributed by atoms with Gasteiger partial charge < -0.3 is 15.3 Å². The lowest BCUT2D eigenvalue weighted by Gasteiger charge is -2.17. The number of nitrogens with one attached hydrogen (secondary N) is 1. The summed E-state index contributed by atoms with van der Waals surface area (Å²) in [5.41, 5.74) is 0.888. The predicted molar refractivity (Wildman–Crippen MR) is 84.5 cm³/mol. The smallest absolute Gasteiger partial charge is 0.407 e. The largest absolute Gasteiger partial charge is 0.465 e. The SMILES string of the molecule is Cn1c(NC2[C@H]3CN(C(=O)O)C[C@@H]23)nc(-c2ccncn2)cc1=O. The number of fused-ring (bicyclic) bond motifs is 1. The zero-order valence-electron chi connectivity index (χ0n) is 13.0. The summed E-state index contributed by atoms with van der Waals surface area (Å²) in [5.74, 6) is 1.03. The number of carbonyl (C=O) groups is 1. The first-order valence-corrected chi connectivity index (χ1v) is 7.63. The standard InChI is InChI=1S/C15H16N6O3/c1-20-12(22)4-11(10-2-3-16-7-17-10)18-14(20)19-13-8-5-21(15(23)24)6-9(8)13/h2-4,7-9,13H,5-6H2,1H3,(H,18,19)(H,23,24)/t8-,9+,13?. The highest BCUT2D eigenvalue weighted by molar-refractivity contribution is 5.66. The van der Waals surface area contributed by atoms with Crippen molar-refractivity contribution < 1.29 is 9.90 Å². The molecule has 3 heterocycles. The molecule has 9 nitrogen and oxygen atoms in total. The van der Waals surface area contributed by atoms with Crippen LogP contribution in [-0.2, 0) is 7.05 Å². The summed E-state index contributed by atoms with van der Waals surface area (Å²) in [6.07, 6.45) is 2.13. The lowest BCUT2D eigenvalue weighted by molar-refractivity contribution is 0.150. The number of piperidine rings is 1. The van der Waals surface area contributed by atoms with Crippen LogP contribution < -0.4 is 10.9 Å². The van der Waals surface area contributed by atoms with Gasteiger partial charge in [-0.15, -0.1) is 0 Å². The summed E-state index contributed by atoms with van der Waals surface area (Å²) in [6, 6.07) is 3.29. The number of hydrogen-bond acceptors (Lipinski definition) is 6. The second-order valence-electron chi connectivity index (χ2n) is 6.14. The highest BCUT2D eigenvalue weighted by atomic mass is 16.4. The highest BCUT2D eigenvalue weighted by Gasteiger charge is 2.57. The van der Waals surface area contributed by atoms with Crippen LogP contribution >= 0.6 is 0 Å². The summed E-state index contributed by atoms with van der Waals surface area (Å²) in [4.78, 5) is 37.1. The van der Waals surface area contributed by atoms with Gasteiger partial charge >= 0.3 is 6.09 Å². The van der Waals surface area contributed by atoms with Gasteiger partial charge in [-0.1, -0.05) is 0 Å².